The normalized spacial score (nSPS) is 11.4. The first kappa shape index (κ1) is 15.5. The molecule has 0 radical (unpaired) electrons. The minimum atomic E-state index is -3.62. The van der Waals surface area contributed by atoms with Gasteiger partial charge in [-0.25, -0.2) is 8.42 Å². The van der Waals surface area contributed by atoms with Crippen molar-refractivity contribution in [3.8, 4) is 0 Å². The van der Waals surface area contributed by atoms with Gasteiger partial charge in [0.1, 0.15) is 0 Å². The third kappa shape index (κ3) is 3.59. The summed E-state index contributed by atoms with van der Waals surface area (Å²) < 4.78 is 27.6. The molecule has 0 aliphatic carbocycles. The van der Waals surface area contributed by atoms with Crippen LogP contribution in [-0.4, -0.2) is 20.4 Å². The maximum absolute atomic E-state index is 12.5. The Bertz CT molecular complexity index is 742. The molecule has 1 aromatic carbocycles. The monoisotopic (exact) mass is 305 g/mol. The van der Waals surface area contributed by atoms with E-state index in [-0.39, 0.29) is 4.90 Å². The van der Waals surface area contributed by atoms with Gasteiger partial charge in [0, 0.05) is 12.7 Å². The SMILES string of the molecule is CNCc1cccc(S(=O)(=O)Nc2cncc(C)c2)c1C. The smallest absolute Gasteiger partial charge is 0.262 e. The van der Waals surface area contributed by atoms with Gasteiger partial charge in [-0.1, -0.05) is 12.1 Å². The zero-order valence-electron chi connectivity index (χ0n) is 12.3. The van der Waals surface area contributed by atoms with Gasteiger partial charge in [0.2, 0.25) is 0 Å². The van der Waals surface area contributed by atoms with Gasteiger partial charge in [-0.2, -0.15) is 0 Å². The van der Waals surface area contributed by atoms with Crippen LogP contribution >= 0.6 is 0 Å². The highest BCUT2D eigenvalue weighted by Gasteiger charge is 2.18. The fraction of sp³-hybridized carbons (Fsp3) is 0.267. The third-order valence-electron chi connectivity index (χ3n) is 3.18. The van der Waals surface area contributed by atoms with Crippen molar-refractivity contribution >= 4 is 15.7 Å². The average molecular weight is 305 g/mol. The quantitative estimate of drug-likeness (QED) is 0.888. The molecule has 0 atom stereocenters. The molecule has 0 saturated heterocycles. The van der Waals surface area contributed by atoms with E-state index in [1.54, 1.807) is 24.4 Å². The van der Waals surface area contributed by atoms with Crippen LogP contribution in [-0.2, 0) is 16.6 Å². The van der Waals surface area contributed by atoms with Crippen LogP contribution in [0.4, 0.5) is 5.69 Å². The standard InChI is InChI=1S/C15H19N3O2S/c1-11-7-14(10-17-8-11)18-21(19,20)15-6-4-5-13(9-16-3)12(15)2/h4-8,10,16,18H,9H2,1-3H3. The molecule has 2 rings (SSSR count). The summed E-state index contributed by atoms with van der Waals surface area (Å²) in [5.74, 6) is 0. The van der Waals surface area contributed by atoms with E-state index in [2.05, 4.69) is 15.0 Å². The highest BCUT2D eigenvalue weighted by molar-refractivity contribution is 7.92. The van der Waals surface area contributed by atoms with E-state index in [4.69, 9.17) is 0 Å². The number of aromatic nitrogens is 1. The molecule has 2 N–H and O–H groups in total. The first-order chi connectivity index (χ1) is 9.94. The van der Waals surface area contributed by atoms with Crippen LogP contribution in [0.15, 0.2) is 41.6 Å². The molecular weight excluding hydrogens is 286 g/mol. The maximum Gasteiger partial charge on any atom is 0.262 e. The average Bonchev–Trinajstić information content (AvgIpc) is 2.40. The van der Waals surface area contributed by atoms with Crippen molar-refractivity contribution < 1.29 is 8.42 Å². The van der Waals surface area contributed by atoms with Crippen LogP contribution in [0.2, 0.25) is 0 Å². The van der Waals surface area contributed by atoms with Crippen molar-refractivity contribution in [3.63, 3.8) is 0 Å². The number of aryl methyl sites for hydroxylation is 1. The lowest BCUT2D eigenvalue weighted by molar-refractivity contribution is 0.600. The minimum Gasteiger partial charge on any atom is -0.316 e. The second kappa shape index (κ2) is 6.24. The Morgan fingerprint density at radius 1 is 1.19 bits per heavy atom. The van der Waals surface area contributed by atoms with E-state index in [0.29, 0.717) is 12.2 Å². The van der Waals surface area contributed by atoms with Gasteiger partial charge < -0.3 is 5.32 Å². The Morgan fingerprint density at radius 2 is 1.95 bits per heavy atom. The lowest BCUT2D eigenvalue weighted by Gasteiger charge is -2.13. The number of nitrogens with one attached hydrogen (secondary N) is 2. The molecule has 2 aromatic rings. The zero-order chi connectivity index (χ0) is 15.5. The number of sulfonamides is 1. The van der Waals surface area contributed by atoms with Crippen molar-refractivity contribution in [1.29, 1.82) is 0 Å². The number of hydrogen-bond donors (Lipinski definition) is 2. The first-order valence-corrected chi connectivity index (χ1v) is 8.10. The number of hydrogen-bond acceptors (Lipinski definition) is 4. The first-order valence-electron chi connectivity index (χ1n) is 6.61. The number of nitrogens with zero attached hydrogens (tertiary/aromatic N) is 1. The zero-order valence-corrected chi connectivity index (χ0v) is 13.2. The summed E-state index contributed by atoms with van der Waals surface area (Å²) in [4.78, 5) is 4.28. The Hall–Kier alpha value is -1.92. The summed E-state index contributed by atoms with van der Waals surface area (Å²) in [6, 6.07) is 7.03. The molecule has 112 valence electrons. The number of benzene rings is 1. The van der Waals surface area contributed by atoms with Crippen molar-refractivity contribution in [1.82, 2.24) is 10.3 Å². The molecule has 21 heavy (non-hydrogen) atoms. The Kier molecular flexibility index (Phi) is 4.59. The Labute approximate surface area is 125 Å². The van der Waals surface area contributed by atoms with Gasteiger partial charge in [0.05, 0.1) is 16.8 Å². The molecule has 0 bridgehead atoms. The van der Waals surface area contributed by atoms with Crippen molar-refractivity contribution in [2.75, 3.05) is 11.8 Å². The molecule has 1 heterocycles. The minimum absolute atomic E-state index is 0.289. The lowest BCUT2D eigenvalue weighted by atomic mass is 10.1. The highest BCUT2D eigenvalue weighted by atomic mass is 32.2. The highest BCUT2D eigenvalue weighted by Crippen LogP contribution is 2.22. The fourth-order valence-electron chi connectivity index (χ4n) is 2.15. The molecule has 0 fully saturated rings. The van der Waals surface area contributed by atoms with Crippen LogP contribution in [0.5, 0.6) is 0 Å². The van der Waals surface area contributed by atoms with Crippen molar-refractivity contribution in [2.45, 2.75) is 25.3 Å². The van der Waals surface area contributed by atoms with E-state index in [1.807, 2.05) is 27.0 Å². The number of rotatable bonds is 5. The molecular formula is C15H19N3O2S. The lowest BCUT2D eigenvalue weighted by Crippen LogP contribution is -2.16. The summed E-state index contributed by atoms with van der Waals surface area (Å²) in [6.07, 6.45) is 3.17. The van der Waals surface area contributed by atoms with E-state index >= 15 is 0 Å². The fourth-order valence-corrected chi connectivity index (χ4v) is 3.48. The Balaban J connectivity index is 2.38. The molecule has 6 heteroatoms. The van der Waals surface area contributed by atoms with Gasteiger partial charge in [-0.15, -0.1) is 0 Å². The summed E-state index contributed by atoms with van der Waals surface area (Å²) in [5, 5.41) is 3.04. The predicted octanol–water partition coefficient (Wildman–Crippen LogP) is 2.22. The largest absolute Gasteiger partial charge is 0.316 e. The van der Waals surface area contributed by atoms with Crippen LogP contribution in [0.3, 0.4) is 0 Å². The van der Waals surface area contributed by atoms with E-state index < -0.39 is 10.0 Å². The predicted molar refractivity (Wildman–Crippen MR) is 83.7 cm³/mol. The maximum atomic E-state index is 12.5. The number of pyridine rings is 1. The Morgan fingerprint density at radius 3 is 2.62 bits per heavy atom. The summed E-state index contributed by atoms with van der Waals surface area (Å²) >= 11 is 0. The van der Waals surface area contributed by atoms with Gasteiger partial charge in [-0.3, -0.25) is 9.71 Å². The van der Waals surface area contributed by atoms with Crippen LogP contribution in [0.25, 0.3) is 0 Å². The van der Waals surface area contributed by atoms with Gasteiger partial charge in [0.25, 0.3) is 10.0 Å². The molecule has 0 unspecified atom stereocenters. The molecule has 0 spiro atoms. The van der Waals surface area contributed by atoms with Crippen LogP contribution < -0.4 is 10.0 Å². The van der Waals surface area contributed by atoms with Crippen LogP contribution in [0.1, 0.15) is 16.7 Å². The van der Waals surface area contributed by atoms with E-state index in [9.17, 15) is 8.42 Å². The van der Waals surface area contributed by atoms with Crippen molar-refractivity contribution in [3.05, 3.63) is 53.3 Å². The molecule has 0 aliphatic rings. The number of anilines is 1. The molecule has 0 aliphatic heterocycles. The second-order valence-corrected chi connectivity index (χ2v) is 6.58. The van der Waals surface area contributed by atoms with Gasteiger partial charge in [0.15, 0.2) is 0 Å². The summed E-state index contributed by atoms with van der Waals surface area (Å²) in [7, 11) is -1.79. The molecule has 0 amide bonds. The second-order valence-electron chi connectivity index (χ2n) is 4.93. The summed E-state index contributed by atoms with van der Waals surface area (Å²) in [6.45, 7) is 4.31. The van der Waals surface area contributed by atoms with Gasteiger partial charge >= 0.3 is 0 Å². The summed E-state index contributed by atoms with van der Waals surface area (Å²) in [5.41, 5.74) is 3.08. The topological polar surface area (TPSA) is 71.1 Å². The van der Waals surface area contributed by atoms with Crippen LogP contribution in [0, 0.1) is 13.8 Å². The molecule has 0 saturated carbocycles. The molecule has 5 nitrogen and oxygen atoms in total. The van der Waals surface area contributed by atoms with E-state index in [1.165, 1.54) is 6.20 Å². The third-order valence-corrected chi connectivity index (χ3v) is 4.71. The van der Waals surface area contributed by atoms with Gasteiger partial charge in [-0.05, 0) is 49.7 Å². The van der Waals surface area contributed by atoms with Crippen molar-refractivity contribution in [2.24, 2.45) is 0 Å². The van der Waals surface area contributed by atoms with E-state index in [0.717, 1.165) is 16.7 Å². The molecule has 1 aromatic heterocycles.